The van der Waals surface area contributed by atoms with Crippen molar-refractivity contribution in [2.45, 2.75) is 31.6 Å². The van der Waals surface area contributed by atoms with Gasteiger partial charge in [0.25, 0.3) is 0 Å². The van der Waals surface area contributed by atoms with Crippen molar-refractivity contribution in [3.63, 3.8) is 0 Å². The third kappa shape index (κ3) is 6.55. The first-order chi connectivity index (χ1) is 14.5. The van der Waals surface area contributed by atoms with Crippen LogP contribution in [0, 0.1) is 12.7 Å². The summed E-state index contributed by atoms with van der Waals surface area (Å²) in [5.74, 6) is 1.64. The van der Waals surface area contributed by atoms with Crippen molar-refractivity contribution in [1.29, 1.82) is 0 Å². The van der Waals surface area contributed by atoms with E-state index >= 15 is 0 Å². The van der Waals surface area contributed by atoms with Gasteiger partial charge in [0.05, 0.1) is 5.69 Å². The number of anilines is 1. The smallest absolute Gasteiger partial charge is 0.191 e. The van der Waals surface area contributed by atoms with Crippen LogP contribution in [0.2, 0.25) is 0 Å². The van der Waals surface area contributed by atoms with Crippen LogP contribution in [0.15, 0.2) is 53.5 Å². The van der Waals surface area contributed by atoms with Crippen molar-refractivity contribution < 1.29 is 8.60 Å². The molecule has 30 heavy (non-hydrogen) atoms. The molecule has 1 fully saturated rings. The van der Waals surface area contributed by atoms with Crippen molar-refractivity contribution in [3.8, 4) is 0 Å². The zero-order valence-electron chi connectivity index (χ0n) is 17.7. The molecule has 0 saturated carbocycles. The first kappa shape index (κ1) is 22.3. The molecule has 7 heteroatoms. The molecule has 1 aliphatic rings. The number of halogens is 1. The van der Waals surface area contributed by atoms with E-state index in [0.29, 0.717) is 29.7 Å². The first-order valence-electron chi connectivity index (χ1n) is 10.4. The maximum Gasteiger partial charge on any atom is 0.191 e. The maximum atomic E-state index is 14.3. The van der Waals surface area contributed by atoms with Crippen LogP contribution in [0.1, 0.15) is 24.0 Å². The average Bonchev–Trinajstić information content (AvgIpc) is 2.75. The summed E-state index contributed by atoms with van der Waals surface area (Å²) in [6.45, 7) is 4.14. The number of benzene rings is 2. The van der Waals surface area contributed by atoms with Gasteiger partial charge in [0, 0.05) is 55.0 Å². The molecule has 3 rings (SSSR count). The third-order valence-electron chi connectivity index (χ3n) is 5.22. The van der Waals surface area contributed by atoms with E-state index in [1.54, 1.807) is 13.1 Å². The van der Waals surface area contributed by atoms with E-state index < -0.39 is 10.8 Å². The van der Waals surface area contributed by atoms with E-state index in [4.69, 9.17) is 0 Å². The number of piperidine rings is 1. The van der Waals surface area contributed by atoms with Gasteiger partial charge in [-0.15, -0.1) is 0 Å². The molecule has 0 bridgehead atoms. The van der Waals surface area contributed by atoms with Crippen LogP contribution in [-0.4, -0.2) is 48.6 Å². The fourth-order valence-electron chi connectivity index (χ4n) is 3.68. The van der Waals surface area contributed by atoms with Gasteiger partial charge >= 0.3 is 0 Å². The van der Waals surface area contributed by atoms with Gasteiger partial charge in [-0.1, -0.05) is 36.4 Å². The highest BCUT2D eigenvalue weighted by Crippen LogP contribution is 2.24. The molecule has 2 aromatic rings. The van der Waals surface area contributed by atoms with Crippen molar-refractivity contribution in [2.75, 3.05) is 37.3 Å². The van der Waals surface area contributed by atoms with E-state index in [2.05, 4.69) is 20.5 Å². The van der Waals surface area contributed by atoms with E-state index in [0.717, 1.165) is 37.1 Å². The van der Waals surface area contributed by atoms with Gasteiger partial charge in [-0.25, -0.2) is 4.39 Å². The SMILES string of the molecule is CN=C(NCCS(=O)Cc1ccccc1)NC1CCCN(c2cc(C)ccc2F)C1. The Morgan fingerprint density at radius 1 is 1.27 bits per heavy atom. The van der Waals surface area contributed by atoms with Crippen LogP contribution in [0.5, 0.6) is 0 Å². The summed E-state index contributed by atoms with van der Waals surface area (Å²) in [7, 11) is 0.806. The van der Waals surface area contributed by atoms with Crippen LogP contribution >= 0.6 is 0 Å². The lowest BCUT2D eigenvalue weighted by molar-refractivity contribution is 0.463. The van der Waals surface area contributed by atoms with Gasteiger partial charge in [0.2, 0.25) is 0 Å². The van der Waals surface area contributed by atoms with E-state index in [9.17, 15) is 8.60 Å². The molecule has 0 spiro atoms. The molecule has 2 unspecified atom stereocenters. The summed E-state index contributed by atoms with van der Waals surface area (Å²) in [5.41, 5.74) is 2.81. The Morgan fingerprint density at radius 3 is 2.83 bits per heavy atom. The van der Waals surface area contributed by atoms with Crippen LogP contribution in [0.3, 0.4) is 0 Å². The summed E-state index contributed by atoms with van der Waals surface area (Å²) in [5, 5.41) is 6.70. The minimum atomic E-state index is -0.927. The normalized spacial score (nSPS) is 18.2. The summed E-state index contributed by atoms with van der Waals surface area (Å²) in [6, 6.07) is 15.3. The molecular weight excluding hydrogens is 399 g/mol. The number of nitrogens with one attached hydrogen (secondary N) is 2. The summed E-state index contributed by atoms with van der Waals surface area (Å²) >= 11 is 0. The van der Waals surface area contributed by atoms with Gasteiger partial charge in [-0.2, -0.15) is 0 Å². The molecule has 2 N–H and O–H groups in total. The number of aryl methyl sites for hydroxylation is 1. The number of aliphatic imine (C=N–C) groups is 1. The quantitative estimate of drug-likeness (QED) is 0.523. The Kier molecular flexibility index (Phi) is 8.25. The largest absolute Gasteiger partial charge is 0.367 e. The van der Waals surface area contributed by atoms with Crippen LogP contribution in [0.4, 0.5) is 10.1 Å². The molecule has 2 aromatic carbocycles. The Morgan fingerprint density at radius 2 is 2.07 bits per heavy atom. The fourth-order valence-corrected chi connectivity index (χ4v) is 4.72. The highest BCUT2D eigenvalue weighted by molar-refractivity contribution is 7.84. The van der Waals surface area contributed by atoms with Gasteiger partial charge in [0.15, 0.2) is 5.96 Å². The molecule has 0 aromatic heterocycles. The van der Waals surface area contributed by atoms with Crippen molar-refractivity contribution in [1.82, 2.24) is 10.6 Å². The predicted octanol–water partition coefficient (Wildman–Crippen LogP) is 3.22. The number of nitrogens with zero attached hydrogens (tertiary/aromatic N) is 2. The molecule has 5 nitrogen and oxygen atoms in total. The maximum absolute atomic E-state index is 14.3. The second-order valence-corrected chi connectivity index (χ2v) is 9.23. The Labute approximate surface area is 181 Å². The topological polar surface area (TPSA) is 56.7 Å². The Hall–Kier alpha value is -2.41. The predicted molar refractivity (Wildman–Crippen MR) is 124 cm³/mol. The zero-order chi connectivity index (χ0) is 21.3. The zero-order valence-corrected chi connectivity index (χ0v) is 18.6. The molecule has 1 heterocycles. The van der Waals surface area contributed by atoms with E-state index in [1.807, 2.05) is 43.3 Å². The highest BCUT2D eigenvalue weighted by atomic mass is 32.2. The van der Waals surface area contributed by atoms with Crippen molar-refractivity contribution in [3.05, 3.63) is 65.5 Å². The molecule has 2 atom stereocenters. The Balaban J connectivity index is 1.47. The lowest BCUT2D eigenvalue weighted by Gasteiger charge is -2.35. The second kappa shape index (κ2) is 11.1. The standard InChI is InChI=1S/C23H31FN4OS/c1-18-10-11-21(24)22(15-18)28-13-6-9-20(16-28)27-23(25-2)26-12-14-30(29)17-19-7-4-3-5-8-19/h3-5,7-8,10-11,15,20H,6,9,12-14,16-17H2,1-2H3,(H2,25,26,27). The van der Waals surface area contributed by atoms with Gasteiger partial charge in [-0.3, -0.25) is 9.20 Å². The lowest BCUT2D eigenvalue weighted by Crippen LogP contribution is -2.51. The Bertz CT molecular complexity index is 875. The van der Waals surface area contributed by atoms with Gasteiger partial charge < -0.3 is 15.5 Å². The monoisotopic (exact) mass is 430 g/mol. The van der Waals surface area contributed by atoms with Crippen LogP contribution in [-0.2, 0) is 16.6 Å². The molecule has 0 amide bonds. The second-order valence-electron chi connectivity index (χ2n) is 7.66. The minimum absolute atomic E-state index is 0.176. The lowest BCUT2D eigenvalue weighted by atomic mass is 10.0. The summed E-state index contributed by atoms with van der Waals surface area (Å²) < 4.78 is 26.6. The number of hydrogen-bond acceptors (Lipinski definition) is 3. The van der Waals surface area contributed by atoms with Crippen molar-refractivity contribution >= 4 is 22.4 Å². The molecular formula is C23H31FN4OS. The molecule has 162 valence electrons. The fraction of sp³-hybridized carbons (Fsp3) is 0.435. The number of hydrogen-bond donors (Lipinski definition) is 2. The summed E-state index contributed by atoms with van der Waals surface area (Å²) in [4.78, 5) is 6.40. The minimum Gasteiger partial charge on any atom is -0.367 e. The van der Waals surface area contributed by atoms with E-state index in [1.165, 1.54) is 6.07 Å². The van der Waals surface area contributed by atoms with Gasteiger partial charge in [0.1, 0.15) is 5.82 Å². The first-order valence-corrected chi connectivity index (χ1v) is 11.9. The van der Waals surface area contributed by atoms with Crippen molar-refractivity contribution in [2.24, 2.45) is 4.99 Å². The molecule has 0 radical (unpaired) electrons. The molecule has 1 aliphatic heterocycles. The number of guanidine groups is 1. The molecule has 1 saturated heterocycles. The number of rotatable bonds is 7. The van der Waals surface area contributed by atoms with Gasteiger partial charge in [-0.05, 0) is 43.0 Å². The average molecular weight is 431 g/mol. The summed E-state index contributed by atoms with van der Waals surface area (Å²) in [6.07, 6.45) is 1.99. The highest BCUT2D eigenvalue weighted by Gasteiger charge is 2.23. The van der Waals surface area contributed by atoms with E-state index in [-0.39, 0.29) is 11.9 Å². The van der Waals surface area contributed by atoms with Crippen LogP contribution < -0.4 is 15.5 Å². The van der Waals surface area contributed by atoms with Crippen LogP contribution in [0.25, 0.3) is 0 Å². The molecule has 0 aliphatic carbocycles. The third-order valence-corrected chi connectivity index (χ3v) is 6.54.